The molecule has 0 saturated heterocycles. The van der Waals surface area contributed by atoms with Gasteiger partial charge in [-0.05, 0) is 55.4 Å². The van der Waals surface area contributed by atoms with E-state index >= 15 is 0 Å². The van der Waals surface area contributed by atoms with Gasteiger partial charge in [0.1, 0.15) is 5.78 Å². The van der Waals surface area contributed by atoms with Crippen molar-refractivity contribution in [3.8, 4) is 11.5 Å². The molecule has 2 heterocycles. The fraction of sp³-hybridized carbons (Fsp3) is 0.571. The second-order valence-corrected chi connectivity index (χ2v) is 9.85. The second-order valence-electron chi connectivity index (χ2n) is 9.85. The molecule has 2 N–H and O–H groups in total. The summed E-state index contributed by atoms with van der Waals surface area (Å²) < 4.78 is 6.03. The number of aliphatic imine (C=N–C) groups is 1. The number of aliphatic hydroxyl groups excluding tert-OH is 1. The molecular weight excluding hydrogens is 428 g/mol. The van der Waals surface area contributed by atoms with Crippen LogP contribution in [0.25, 0.3) is 0 Å². The summed E-state index contributed by atoms with van der Waals surface area (Å²) in [4.78, 5) is 18.9. The Kier molecular flexibility index (Phi) is 9.75. The summed E-state index contributed by atoms with van der Waals surface area (Å²) in [5, 5.41) is 20.4. The number of hydrogen-bond donors (Lipinski definition) is 2. The highest BCUT2D eigenvalue weighted by Gasteiger charge is 2.28. The van der Waals surface area contributed by atoms with Crippen LogP contribution >= 0.6 is 0 Å². The number of carbonyl (C=O) groups is 1. The minimum atomic E-state index is -0.545. The predicted molar refractivity (Wildman–Crippen MR) is 136 cm³/mol. The number of aromatic hydroxyl groups is 1. The zero-order chi connectivity index (χ0) is 24.5. The molecule has 186 valence electrons. The lowest BCUT2D eigenvalue weighted by atomic mass is 10.0. The summed E-state index contributed by atoms with van der Waals surface area (Å²) >= 11 is 0. The summed E-state index contributed by atoms with van der Waals surface area (Å²) in [5.74, 6) is 1.20. The number of Topliss-reactive ketones (excluding diaryl/α,β-unsaturated/α-hetero) is 1. The van der Waals surface area contributed by atoms with Crippen molar-refractivity contribution >= 4 is 11.5 Å². The number of ketones is 1. The minimum Gasteiger partial charge on any atom is -0.504 e. The molecule has 1 atom stereocenters. The Morgan fingerprint density at radius 2 is 2.03 bits per heavy atom. The van der Waals surface area contributed by atoms with E-state index in [-0.39, 0.29) is 18.0 Å². The van der Waals surface area contributed by atoms with Crippen molar-refractivity contribution in [1.29, 1.82) is 0 Å². The molecule has 0 bridgehead atoms. The second kappa shape index (κ2) is 12.7. The van der Waals surface area contributed by atoms with Crippen molar-refractivity contribution in [2.45, 2.75) is 84.7 Å². The first-order valence-corrected chi connectivity index (χ1v) is 12.7. The molecule has 0 aromatic heterocycles. The predicted octanol–water partition coefficient (Wildman–Crippen LogP) is 5.54. The van der Waals surface area contributed by atoms with E-state index in [0.29, 0.717) is 44.2 Å². The van der Waals surface area contributed by atoms with E-state index in [0.717, 1.165) is 43.4 Å². The molecule has 0 amide bonds. The molecule has 0 radical (unpaired) electrons. The molecule has 6 heteroatoms. The highest BCUT2D eigenvalue weighted by atomic mass is 16.5. The van der Waals surface area contributed by atoms with E-state index in [1.54, 1.807) is 6.07 Å². The van der Waals surface area contributed by atoms with Crippen LogP contribution in [0.5, 0.6) is 11.5 Å². The monoisotopic (exact) mass is 468 g/mol. The fourth-order valence-electron chi connectivity index (χ4n) is 4.40. The normalized spacial score (nSPS) is 15.8. The number of fused-ring (bicyclic) bond motifs is 1. The first-order chi connectivity index (χ1) is 16.4. The van der Waals surface area contributed by atoms with Crippen molar-refractivity contribution in [2.24, 2.45) is 10.9 Å². The Bertz CT molecular complexity index is 932. The Morgan fingerprint density at radius 1 is 1.21 bits per heavy atom. The summed E-state index contributed by atoms with van der Waals surface area (Å²) in [5.41, 5.74) is 4.47. The number of allylic oxidation sites excluding steroid dienone is 2. The van der Waals surface area contributed by atoms with Crippen LogP contribution in [0.1, 0.15) is 77.7 Å². The van der Waals surface area contributed by atoms with Crippen LogP contribution < -0.4 is 4.74 Å². The third kappa shape index (κ3) is 7.45. The topological polar surface area (TPSA) is 82.4 Å². The van der Waals surface area contributed by atoms with Gasteiger partial charge in [-0.3, -0.25) is 9.79 Å². The molecule has 3 rings (SSSR count). The van der Waals surface area contributed by atoms with E-state index < -0.39 is 6.10 Å². The van der Waals surface area contributed by atoms with Crippen molar-refractivity contribution in [1.82, 2.24) is 4.90 Å². The number of carbonyl (C=O) groups excluding carboxylic acids is 1. The molecule has 2 aliphatic heterocycles. The average molecular weight is 469 g/mol. The fourth-order valence-corrected chi connectivity index (χ4v) is 4.40. The zero-order valence-electron chi connectivity index (χ0n) is 20.9. The molecule has 0 unspecified atom stereocenters. The van der Waals surface area contributed by atoms with Gasteiger partial charge >= 0.3 is 0 Å². The van der Waals surface area contributed by atoms with Crippen molar-refractivity contribution < 1.29 is 19.7 Å². The number of rotatable bonds is 15. The van der Waals surface area contributed by atoms with Crippen molar-refractivity contribution in [3.05, 3.63) is 47.3 Å². The first-order valence-electron chi connectivity index (χ1n) is 12.7. The van der Waals surface area contributed by atoms with Crippen LogP contribution in [0.4, 0.5) is 0 Å². The number of nitrogens with zero attached hydrogens (tertiary/aromatic N) is 2. The molecule has 1 aromatic carbocycles. The van der Waals surface area contributed by atoms with Gasteiger partial charge in [0, 0.05) is 30.3 Å². The Morgan fingerprint density at radius 3 is 2.79 bits per heavy atom. The van der Waals surface area contributed by atoms with Gasteiger partial charge in [-0.1, -0.05) is 46.1 Å². The summed E-state index contributed by atoms with van der Waals surface area (Å²) in [6.45, 7) is 7.62. The third-order valence-corrected chi connectivity index (χ3v) is 6.47. The van der Waals surface area contributed by atoms with Gasteiger partial charge in [-0.25, -0.2) is 0 Å². The number of phenolic OH excluding ortho intramolecular Hbond substituents is 1. The highest BCUT2D eigenvalue weighted by Crippen LogP contribution is 2.32. The number of aryl methyl sites for hydroxylation is 1. The van der Waals surface area contributed by atoms with Crippen LogP contribution in [-0.4, -0.2) is 46.0 Å². The molecule has 0 saturated carbocycles. The molecule has 1 aromatic rings. The van der Waals surface area contributed by atoms with E-state index in [4.69, 9.17) is 4.74 Å². The summed E-state index contributed by atoms with van der Waals surface area (Å²) in [6, 6.07) is 5.26. The van der Waals surface area contributed by atoms with E-state index in [2.05, 4.69) is 36.7 Å². The van der Waals surface area contributed by atoms with Crippen LogP contribution in [0, 0.1) is 5.92 Å². The maximum absolute atomic E-state index is 12.3. The van der Waals surface area contributed by atoms with Gasteiger partial charge in [-0.15, -0.1) is 0 Å². The van der Waals surface area contributed by atoms with Crippen LogP contribution in [-0.2, 0) is 11.2 Å². The number of benzene rings is 1. The summed E-state index contributed by atoms with van der Waals surface area (Å²) in [7, 11) is 0. The van der Waals surface area contributed by atoms with Crippen LogP contribution in [0.2, 0.25) is 0 Å². The molecule has 2 aliphatic rings. The molecule has 6 nitrogen and oxygen atoms in total. The van der Waals surface area contributed by atoms with E-state index in [1.807, 2.05) is 18.3 Å². The minimum absolute atomic E-state index is 0.0680. The van der Waals surface area contributed by atoms with Crippen molar-refractivity contribution in [2.75, 3.05) is 13.3 Å². The SMILES string of the molecule is CCCCC[C@@H](O)CC(=O)CCc1ccc(O)c(OCN2CC3=NC=CC3=C2CCC(C)C)c1. The number of ether oxygens (including phenoxy) is 1. The highest BCUT2D eigenvalue weighted by molar-refractivity contribution is 6.08. The maximum Gasteiger partial charge on any atom is 0.163 e. The first kappa shape index (κ1) is 26.0. The van der Waals surface area contributed by atoms with E-state index in [1.165, 1.54) is 11.3 Å². The maximum atomic E-state index is 12.3. The third-order valence-electron chi connectivity index (χ3n) is 6.47. The zero-order valence-corrected chi connectivity index (χ0v) is 20.9. The molecular formula is C28H40N2O4. The quantitative estimate of drug-likeness (QED) is 0.331. The Balaban J connectivity index is 1.53. The van der Waals surface area contributed by atoms with Gasteiger partial charge < -0.3 is 19.8 Å². The number of phenols is 1. The number of unbranched alkanes of at least 4 members (excludes halogenated alkanes) is 2. The Hall–Kier alpha value is -2.60. The molecule has 0 spiro atoms. The molecule has 34 heavy (non-hydrogen) atoms. The van der Waals surface area contributed by atoms with Gasteiger partial charge in [0.05, 0.1) is 18.4 Å². The van der Waals surface area contributed by atoms with Crippen LogP contribution in [0.3, 0.4) is 0 Å². The Labute approximate surface area is 204 Å². The summed E-state index contributed by atoms with van der Waals surface area (Å²) in [6.07, 6.45) is 10.4. The lowest BCUT2D eigenvalue weighted by molar-refractivity contribution is -0.121. The van der Waals surface area contributed by atoms with Gasteiger partial charge in [-0.2, -0.15) is 0 Å². The molecule has 0 aliphatic carbocycles. The van der Waals surface area contributed by atoms with Gasteiger partial charge in [0.15, 0.2) is 18.2 Å². The van der Waals surface area contributed by atoms with E-state index in [9.17, 15) is 15.0 Å². The van der Waals surface area contributed by atoms with Gasteiger partial charge in [0.2, 0.25) is 0 Å². The van der Waals surface area contributed by atoms with Crippen LogP contribution in [0.15, 0.2) is 46.7 Å². The number of hydrogen-bond acceptors (Lipinski definition) is 6. The average Bonchev–Trinajstić information content (AvgIpc) is 3.37. The largest absolute Gasteiger partial charge is 0.504 e. The lowest BCUT2D eigenvalue weighted by Crippen LogP contribution is -2.27. The van der Waals surface area contributed by atoms with Gasteiger partial charge in [0.25, 0.3) is 0 Å². The van der Waals surface area contributed by atoms with Crippen molar-refractivity contribution in [3.63, 3.8) is 0 Å². The smallest absolute Gasteiger partial charge is 0.163 e. The standard InChI is InChI=1S/C28H40N2O4/c1-4-5-6-7-22(31)17-23(32)11-9-21-10-13-27(33)28(16-21)34-19-30-18-25-24(14-15-29-25)26(30)12-8-20(2)3/h10,13-16,20,22,31,33H,4-9,11-12,17-19H2,1-3H3/t22-/m1/s1. The lowest BCUT2D eigenvalue weighted by Gasteiger charge is -2.23. The molecule has 0 fully saturated rings. The number of aliphatic hydroxyl groups is 1.